The van der Waals surface area contributed by atoms with E-state index in [1.165, 1.54) is 13.2 Å². The number of hydrogen-bond acceptors (Lipinski definition) is 5. The summed E-state index contributed by atoms with van der Waals surface area (Å²) < 4.78 is 4.97. The van der Waals surface area contributed by atoms with Crippen LogP contribution in [-0.4, -0.2) is 17.0 Å². The molecule has 0 atom stereocenters. The van der Waals surface area contributed by atoms with Crippen molar-refractivity contribution < 1.29 is 9.66 Å². The minimum atomic E-state index is -0.439. The van der Waals surface area contributed by atoms with E-state index in [1.54, 1.807) is 18.5 Å². The summed E-state index contributed by atoms with van der Waals surface area (Å²) in [5, 5.41) is 14.2. The molecule has 0 radical (unpaired) electrons. The van der Waals surface area contributed by atoms with Crippen molar-refractivity contribution in [1.82, 2.24) is 10.3 Å². The number of nitrogens with zero attached hydrogens (tertiary/aromatic N) is 2. The average molecular weight is 273 g/mol. The second-order valence-electron chi connectivity index (χ2n) is 4.22. The molecule has 0 saturated carbocycles. The number of methoxy groups -OCH3 is 1. The molecule has 6 heteroatoms. The lowest BCUT2D eigenvalue weighted by Gasteiger charge is -2.07. The Morgan fingerprint density at radius 3 is 2.55 bits per heavy atom. The van der Waals surface area contributed by atoms with E-state index in [2.05, 4.69) is 10.3 Å². The van der Waals surface area contributed by atoms with Gasteiger partial charge >= 0.3 is 5.69 Å². The Balaban J connectivity index is 1.99. The Morgan fingerprint density at radius 2 is 1.90 bits per heavy atom. The number of benzene rings is 1. The monoisotopic (exact) mass is 273 g/mol. The third-order valence-corrected chi connectivity index (χ3v) is 2.85. The fourth-order valence-electron chi connectivity index (χ4n) is 1.84. The number of rotatable bonds is 6. The molecular weight excluding hydrogens is 258 g/mol. The largest absolute Gasteiger partial charge is 0.490 e. The molecule has 0 aliphatic heterocycles. The SMILES string of the molecule is COc1ccc(CNCc2ccncc2)cc1[N+](=O)[O-]. The van der Waals surface area contributed by atoms with Crippen LogP contribution in [0.5, 0.6) is 5.75 Å². The molecule has 1 aromatic carbocycles. The lowest BCUT2D eigenvalue weighted by atomic mass is 10.2. The maximum absolute atomic E-state index is 10.9. The van der Waals surface area contributed by atoms with Gasteiger partial charge in [-0.1, -0.05) is 6.07 Å². The third kappa shape index (κ3) is 3.52. The topological polar surface area (TPSA) is 77.3 Å². The molecule has 1 aromatic heterocycles. The Morgan fingerprint density at radius 1 is 1.20 bits per heavy atom. The van der Waals surface area contributed by atoms with Gasteiger partial charge < -0.3 is 10.1 Å². The van der Waals surface area contributed by atoms with E-state index in [1.807, 2.05) is 18.2 Å². The molecule has 0 aliphatic rings. The molecule has 2 rings (SSSR count). The summed E-state index contributed by atoms with van der Waals surface area (Å²) in [7, 11) is 1.42. The lowest BCUT2D eigenvalue weighted by Crippen LogP contribution is -2.12. The van der Waals surface area contributed by atoms with E-state index in [9.17, 15) is 10.1 Å². The molecule has 0 bridgehead atoms. The number of nitro groups is 1. The summed E-state index contributed by atoms with van der Waals surface area (Å²) >= 11 is 0. The molecule has 0 fully saturated rings. The van der Waals surface area contributed by atoms with Gasteiger partial charge in [-0.3, -0.25) is 15.1 Å². The first-order valence-electron chi connectivity index (χ1n) is 6.11. The second-order valence-corrected chi connectivity index (χ2v) is 4.22. The fourth-order valence-corrected chi connectivity index (χ4v) is 1.84. The highest BCUT2D eigenvalue weighted by atomic mass is 16.6. The molecule has 0 unspecified atom stereocenters. The molecule has 104 valence electrons. The van der Waals surface area contributed by atoms with Crippen LogP contribution in [0.3, 0.4) is 0 Å². The van der Waals surface area contributed by atoms with Gasteiger partial charge in [0, 0.05) is 31.5 Å². The number of ether oxygens (including phenoxy) is 1. The van der Waals surface area contributed by atoms with Gasteiger partial charge in [-0.15, -0.1) is 0 Å². The molecular formula is C14H15N3O3. The Hall–Kier alpha value is -2.47. The van der Waals surface area contributed by atoms with Crippen molar-refractivity contribution in [3.63, 3.8) is 0 Å². The number of nitrogens with one attached hydrogen (secondary N) is 1. The summed E-state index contributed by atoms with van der Waals surface area (Å²) in [5.41, 5.74) is 1.94. The van der Waals surface area contributed by atoms with Gasteiger partial charge in [-0.25, -0.2) is 0 Å². The van der Waals surface area contributed by atoms with Crippen LogP contribution < -0.4 is 10.1 Å². The van der Waals surface area contributed by atoms with E-state index in [0.717, 1.165) is 11.1 Å². The highest BCUT2D eigenvalue weighted by Crippen LogP contribution is 2.27. The zero-order valence-electron chi connectivity index (χ0n) is 11.1. The van der Waals surface area contributed by atoms with Gasteiger partial charge in [0.15, 0.2) is 5.75 Å². The van der Waals surface area contributed by atoms with Gasteiger partial charge in [0.05, 0.1) is 12.0 Å². The van der Waals surface area contributed by atoms with Crippen molar-refractivity contribution in [2.45, 2.75) is 13.1 Å². The van der Waals surface area contributed by atoms with E-state index in [0.29, 0.717) is 13.1 Å². The van der Waals surface area contributed by atoms with Crippen molar-refractivity contribution in [2.24, 2.45) is 0 Å². The molecule has 0 aliphatic carbocycles. The summed E-state index contributed by atoms with van der Waals surface area (Å²) in [5.74, 6) is 0.271. The standard InChI is InChI=1S/C14H15N3O3/c1-20-14-3-2-12(8-13(14)17(18)19)10-16-9-11-4-6-15-7-5-11/h2-8,16H,9-10H2,1H3. The quantitative estimate of drug-likeness (QED) is 0.645. The van der Waals surface area contributed by atoms with Crippen molar-refractivity contribution >= 4 is 5.69 Å². The van der Waals surface area contributed by atoms with Gasteiger partial charge in [-0.05, 0) is 29.3 Å². The predicted molar refractivity (Wildman–Crippen MR) is 74.4 cm³/mol. The van der Waals surface area contributed by atoms with Crippen LogP contribution in [0, 0.1) is 10.1 Å². The molecule has 0 saturated heterocycles. The molecule has 1 N–H and O–H groups in total. The Labute approximate surface area is 116 Å². The predicted octanol–water partition coefficient (Wildman–Crippen LogP) is 2.29. The third-order valence-electron chi connectivity index (χ3n) is 2.85. The number of hydrogen-bond donors (Lipinski definition) is 1. The van der Waals surface area contributed by atoms with Crippen LogP contribution in [-0.2, 0) is 13.1 Å². The normalized spacial score (nSPS) is 10.2. The molecule has 0 spiro atoms. The fraction of sp³-hybridized carbons (Fsp3) is 0.214. The maximum Gasteiger partial charge on any atom is 0.311 e. The van der Waals surface area contributed by atoms with E-state index in [4.69, 9.17) is 4.74 Å². The molecule has 6 nitrogen and oxygen atoms in total. The summed E-state index contributed by atoms with van der Waals surface area (Å²) in [6, 6.07) is 8.79. The smallest absolute Gasteiger partial charge is 0.311 e. The maximum atomic E-state index is 10.9. The molecule has 0 amide bonds. The highest BCUT2D eigenvalue weighted by molar-refractivity contribution is 5.48. The highest BCUT2D eigenvalue weighted by Gasteiger charge is 2.14. The van der Waals surface area contributed by atoms with E-state index in [-0.39, 0.29) is 11.4 Å². The number of nitro benzene ring substituents is 1. The van der Waals surface area contributed by atoms with Crippen LogP contribution in [0.1, 0.15) is 11.1 Å². The Bertz CT molecular complexity index is 587. The summed E-state index contributed by atoms with van der Waals surface area (Å²) in [6.07, 6.45) is 3.46. The molecule has 1 heterocycles. The first kappa shape index (κ1) is 14.0. The summed E-state index contributed by atoms with van der Waals surface area (Å²) in [6.45, 7) is 1.23. The number of aromatic nitrogens is 1. The van der Waals surface area contributed by atoms with Crippen LogP contribution in [0.25, 0.3) is 0 Å². The van der Waals surface area contributed by atoms with Crippen molar-refractivity contribution in [2.75, 3.05) is 7.11 Å². The van der Waals surface area contributed by atoms with Crippen LogP contribution in [0.2, 0.25) is 0 Å². The van der Waals surface area contributed by atoms with Crippen LogP contribution in [0.4, 0.5) is 5.69 Å². The lowest BCUT2D eigenvalue weighted by molar-refractivity contribution is -0.385. The van der Waals surface area contributed by atoms with E-state index >= 15 is 0 Å². The first-order chi connectivity index (χ1) is 9.70. The van der Waals surface area contributed by atoms with Crippen molar-refractivity contribution in [1.29, 1.82) is 0 Å². The molecule has 20 heavy (non-hydrogen) atoms. The van der Waals surface area contributed by atoms with Crippen molar-refractivity contribution in [3.8, 4) is 5.75 Å². The average Bonchev–Trinajstić information content (AvgIpc) is 2.48. The van der Waals surface area contributed by atoms with Crippen LogP contribution >= 0.6 is 0 Å². The minimum Gasteiger partial charge on any atom is -0.490 e. The minimum absolute atomic E-state index is 0.0179. The van der Waals surface area contributed by atoms with Crippen LogP contribution in [0.15, 0.2) is 42.7 Å². The van der Waals surface area contributed by atoms with Gasteiger partial charge in [-0.2, -0.15) is 0 Å². The van der Waals surface area contributed by atoms with Crippen molar-refractivity contribution in [3.05, 3.63) is 64.0 Å². The zero-order chi connectivity index (χ0) is 14.4. The Kier molecular flexibility index (Phi) is 4.62. The van der Waals surface area contributed by atoms with Gasteiger partial charge in [0.2, 0.25) is 0 Å². The van der Waals surface area contributed by atoms with Gasteiger partial charge in [0.1, 0.15) is 0 Å². The van der Waals surface area contributed by atoms with E-state index < -0.39 is 4.92 Å². The zero-order valence-corrected chi connectivity index (χ0v) is 11.1. The second kappa shape index (κ2) is 6.63. The van der Waals surface area contributed by atoms with Gasteiger partial charge in [0.25, 0.3) is 0 Å². The molecule has 2 aromatic rings. The summed E-state index contributed by atoms with van der Waals surface area (Å²) in [4.78, 5) is 14.4. The first-order valence-corrected chi connectivity index (χ1v) is 6.11. The number of pyridine rings is 1.